The standard InChI is InChI=1S/C25H33FN2O5S/c26-22-21(32-14-16-6-7-16)24(28(22)34(30,31)27-23(29)20-4-2-1-3-5-20)33-15-25-11-17-8-18(12-25)10-19(9-17)13-25/h1-5,16-19,21-22,24H,6-15H2,(H,27,29). The van der Waals surface area contributed by atoms with E-state index in [0.29, 0.717) is 23.4 Å². The van der Waals surface area contributed by atoms with Crippen molar-refractivity contribution in [2.24, 2.45) is 29.1 Å². The Morgan fingerprint density at radius 2 is 1.65 bits per heavy atom. The van der Waals surface area contributed by atoms with Crippen LogP contribution in [-0.2, 0) is 19.7 Å². The zero-order valence-electron chi connectivity index (χ0n) is 19.3. The minimum Gasteiger partial charge on any atom is -0.369 e. The Kier molecular flexibility index (Phi) is 5.75. The fourth-order valence-corrected chi connectivity index (χ4v) is 8.44. The zero-order chi connectivity index (χ0) is 23.5. The van der Waals surface area contributed by atoms with Gasteiger partial charge < -0.3 is 9.47 Å². The highest BCUT2D eigenvalue weighted by atomic mass is 32.2. The second kappa shape index (κ2) is 8.54. The Balaban J connectivity index is 1.17. The lowest BCUT2D eigenvalue weighted by molar-refractivity contribution is -0.264. The number of carbonyl (C=O) groups is 1. The van der Waals surface area contributed by atoms with Gasteiger partial charge in [-0.3, -0.25) is 4.79 Å². The molecule has 3 unspecified atom stereocenters. The molecule has 186 valence electrons. The third-order valence-electron chi connectivity index (χ3n) is 8.53. The number of amides is 1. The SMILES string of the molecule is O=C(NS(=O)(=O)N1C(F)C(OCC2CC2)C1OCC12CC3CC(CC(C3)C1)C2)c1ccccc1. The van der Waals surface area contributed by atoms with E-state index in [4.69, 9.17) is 9.47 Å². The van der Waals surface area contributed by atoms with Crippen molar-refractivity contribution in [3.63, 3.8) is 0 Å². The van der Waals surface area contributed by atoms with Crippen molar-refractivity contribution in [1.82, 2.24) is 9.03 Å². The molecule has 5 saturated carbocycles. The molecule has 6 aliphatic rings. The quantitative estimate of drug-likeness (QED) is 0.532. The Bertz CT molecular complexity index is 996. The number of carbonyl (C=O) groups excluding carboxylic acids is 1. The summed E-state index contributed by atoms with van der Waals surface area (Å²) in [5.41, 5.74) is 0.245. The molecule has 3 atom stereocenters. The molecule has 9 heteroatoms. The summed E-state index contributed by atoms with van der Waals surface area (Å²) in [7, 11) is -4.45. The van der Waals surface area contributed by atoms with E-state index in [1.54, 1.807) is 18.2 Å². The topological polar surface area (TPSA) is 84.9 Å². The summed E-state index contributed by atoms with van der Waals surface area (Å²) in [5.74, 6) is 1.82. The van der Waals surface area contributed by atoms with Crippen LogP contribution in [0.5, 0.6) is 0 Å². The highest BCUT2D eigenvalue weighted by Gasteiger charge is 2.59. The first-order valence-corrected chi connectivity index (χ1v) is 14.0. The molecule has 0 spiro atoms. The summed E-state index contributed by atoms with van der Waals surface area (Å²) in [6.07, 6.45) is 5.40. The summed E-state index contributed by atoms with van der Waals surface area (Å²) < 4.78 is 56.0. The number of benzene rings is 1. The summed E-state index contributed by atoms with van der Waals surface area (Å²) in [4.78, 5) is 12.5. The van der Waals surface area contributed by atoms with Gasteiger partial charge in [-0.2, -0.15) is 8.42 Å². The van der Waals surface area contributed by atoms with Crippen molar-refractivity contribution >= 4 is 16.1 Å². The highest BCUT2D eigenvalue weighted by Crippen LogP contribution is 2.60. The zero-order valence-corrected chi connectivity index (χ0v) is 20.1. The van der Waals surface area contributed by atoms with Crippen LogP contribution in [0, 0.1) is 29.1 Å². The van der Waals surface area contributed by atoms with Gasteiger partial charge in [0, 0.05) is 5.56 Å². The van der Waals surface area contributed by atoms with Crippen LogP contribution in [0.4, 0.5) is 4.39 Å². The van der Waals surface area contributed by atoms with Gasteiger partial charge >= 0.3 is 10.2 Å². The van der Waals surface area contributed by atoms with Crippen molar-refractivity contribution < 1.29 is 27.1 Å². The van der Waals surface area contributed by atoms with Crippen molar-refractivity contribution in [1.29, 1.82) is 0 Å². The molecule has 1 N–H and O–H groups in total. The van der Waals surface area contributed by atoms with Gasteiger partial charge in [0.25, 0.3) is 5.91 Å². The molecule has 34 heavy (non-hydrogen) atoms. The molecular weight excluding hydrogens is 459 g/mol. The van der Waals surface area contributed by atoms with E-state index in [2.05, 4.69) is 0 Å². The van der Waals surface area contributed by atoms with E-state index in [0.717, 1.165) is 49.9 Å². The molecule has 0 aromatic heterocycles. The number of nitrogens with zero attached hydrogens (tertiary/aromatic N) is 1. The van der Waals surface area contributed by atoms with Crippen molar-refractivity contribution in [3.05, 3.63) is 35.9 Å². The monoisotopic (exact) mass is 492 g/mol. The molecule has 7 rings (SSSR count). The molecule has 7 nitrogen and oxygen atoms in total. The van der Waals surface area contributed by atoms with E-state index < -0.39 is 34.7 Å². The summed E-state index contributed by atoms with van der Waals surface area (Å²) >= 11 is 0. The minimum absolute atomic E-state index is 0.0555. The number of nitrogens with one attached hydrogen (secondary N) is 1. The first-order chi connectivity index (χ1) is 16.3. The van der Waals surface area contributed by atoms with Gasteiger partial charge in [-0.15, -0.1) is 4.31 Å². The third-order valence-corrected chi connectivity index (χ3v) is 9.94. The van der Waals surface area contributed by atoms with Gasteiger partial charge in [0.05, 0.1) is 13.2 Å². The normalized spacial score (nSPS) is 39.1. The van der Waals surface area contributed by atoms with Crippen LogP contribution in [0.15, 0.2) is 30.3 Å². The van der Waals surface area contributed by atoms with Crippen LogP contribution in [0.3, 0.4) is 0 Å². The van der Waals surface area contributed by atoms with Crippen LogP contribution in [-0.4, -0.2) is 50.5 Å². The number of ether oxygens (including phenoxy) is 2. The van der Waals surface area contributed by atoms with Crippen LogP contribution < -0.4 is 4.72 Å². The van der Waals surface area contributed by atoms with Gasteiger partial charge in [-0.05, 0) is 92.6 Å². The Hall–Kier alpha value is -1.55. The van der Waals surface area contributed by atoms with Crippen molar-refractivity contribution in [2.75, 3.05) is 13.2 Å². The molecule has 1 aliphatic heterocycles. The lowest BCUT2D eigenvalue weighted by Gasteiger charge is -2.57. The molecule has 1 aromatic carbocycles. The molecule has 4 bridgehead atoms. The first kappa shape index (κ1) is 22.9. The fourth-order valence-electron chi connectivity index (χ4n) is 7.14. The van der Waals surface area contributed by atoms with Crippen molar-refractivity contribution in [3.8, 4) is 0 Å². The Morgan fingerprint density at radius 1 is 1.03 bits per heavy atom. The highest BCUT2D eigenvalue weighted by molar-refractivity contribution is 7.87. The lowest BCUT2D eigenvalue weighted by Crippen LogP contribution is -2.71. The van der Waals surface area contributed by atoms with E-state index in [-0.39, 0.29) is 11.0 Å². The second-order valence-electron chi connectivity index (χ2n) is 11.4. The van der Waals surface area contributed by atoms with Gasteiger partial charge in [-0.1, -0.05) is 18.2 Å². The van der Waals surface area contributed by atoms with Gasteiger partial charge in [0.2, 0.25) is 6.30 Å². The maximum Gasteiger partial charge on any atom is 0.308 e. The summed E-state index contributed by atoms with van der Waals surface area (Å²) in [5, 5.41) is 0. The maximum atomic E-state index is 15.2. The van der Waals surface area contributed by atoms with E-state index >= 15 is 4.39 Å². The van der Waals surface area contributed by atoms with Crippen molar-refractivity contribution in [2.45, 2.75) is 70.0 Å². The fraction of sp³-hybridized carbons (Fsp3) is 0.720. The van der Waals surface area contributed by atoms with E-state index in [1.807, 2.05) is 4.72 Å². The molecule has 1 aromatic rings. The molecule has 0 radical (unpaired) electrons. The molecule has 1 saturated heterocycles. The summed E-state index contributed by atoms with van der Waals surface area (Å²) in [6, 6.07) is 8.03. The lowest BCUT2D eigenvalue weighted by atomic mass is 9.50. The number of rotatable bonds is 9. The smallest absolute Gasteiger partial charge is 0.308 e. The average Bonchev–Trinajstić information content (AvgIpc) is 3.60. The van der Waals surface area contributed by atoms with E-state index in [9.17, 15) is 13.2 Å². The van der Waals surface area contributed by atoms with E-state index in [1.165, 1.54) is 31.4 Å². The Labute approximate surface area is 200 Å². The largest absolute Gasteiger partial charge is 0.369 e. The predicted octanol–water partition coefficient (Wildman–Crippen LogP) is 3.63. The first-order valence-electron chi connectivity index (χ1n) is 12.6. The van der Waals surface area contributed by atoms with Crippen LogP contribution in [0.2, 0.25) is 0 Å². The molecule has 5 aliphatic carbocycles. The van der Waals surface area contributed by atoms with Gasteiger partial charge in [0.15, 0.2) is 6.23 Å². The average molecular weight is 493 g/mol. The van der Waals surface area contributed by atoms with Crippen LogP contribution in [0.25, 0.3) is 0 Å². The number of alkyl halides is 1. The molecule has 6 fully saturated rings. The number of hydrogen-bond acceptors (Lipinski definition) is 5. The molecular formula is C25H33FN2O5S. The van der Waals surface area contributed by atoms with Gasteiger partial charge in [0.1, 0.15) is 6.10 Å². The number of halogens is 1. The third kappa shape index (κ3) is 4.29. The molecule has 1 amide bonds. The maximum absolute atomic E-state index is 15.2. The molecule has 1 heterocycles. The minimum atomic E-state index is -4.45. The predicted molar refractivity (Wildman–Crippen MR) is 122 cm³/mol. The number of hydrogen-bond donors (Lipinski definition) is 1. The Morgan fingerprint density at radius 3 is 2.24 bits per heavy atom. The summed E-state index contributed by atoms with van der Waals surface area (Å²) in [6.45, 7) is 0.822. The van der Waals surface area contributed by atoms with Crippen LogP contribution in [0.1, 0.15) is 61.7 Å². The van der Waals surface area contributed by atoms with Crippen LogP contribution >= 0.6 is 0 Å². The van der Waals surface area contributed by atoms with Gasteiger partial charge in [-0.25, -0.2) is 9.11 Å². The second-order valence-corrected chi connectivity index (χ2v) is 12.9.